The molecule has 212 valence electrons. The third-order valence-corrected chi connectivity index (χ3v) is 7.03. The van der Waals surface area contributed by atoms with E-state index in [2.05, 4.69) is 17.9 Å². The lowest BCUT2D eigenvalue weighted by atomic mass is 10.00. The Morgan fingerprint density at radius 1 is 1.02 bits per heavy atom. The third-order valence-electron chi connectivity index (χ3n) is 6.64. The van der Waals surface area contributed by atoms with Gasteiger partial charge in [-0.25, -0.2) is 4.79 Å². The molecule has 4 N–H and O–H groups in total. The second-order valence-corrected chi connectivity index (χ2v) is 9.82. The van der Waals surface area contributed by atoms with Crippen LogP contribution in [0.15, 0.2) is 89.9 Å². The predicted molar refractivity (Wildman–Crippen MR) is 159 cm³/mol. The van der Waals surface area contributed by atoms with E-state index < -0.39 is 36.2 Å². The lowest BCUT2D eigenvalue weighted by molar-refractivity contribution is -0.151. The molecule has 3 aromatic rings. The van der Waals surface area contributed by atoms with E-state index in [0.717, 1.165) is 9.80 Å². The lowest BCUT2D eigenvalue weighted by Gasteiger charge is -2.37. The number of fused-ring (bicyclic) bond motifs is 1. The van der Waals surface area contributed by atoms with Crippen LogP contribution >= 0.6 is 12.6 Å². The number of carboxylic acid groups (broad SMARTS) is 1. The zero-order valence-electron chi connectivity index (χ0n) is 22.4. The number of carboxylic acids is 1. The van der Waals surface area contributed by atoms with Crippen molar-refractivity contribution in [2.45, 2.75) is 31.8 Å². The second-order valence-electron chi connectivity index (χ2n) is 9.45. The number of carbonyl (C=O) groups excluding carboxylic acids is 3. The Hall–Kier alpha value is -4.32. The van der Waals surface area contributed by atoms with Gasteiger partial charge >= 0.3 is 5.97 Å². The van der Waals surface area contributed by atoms with Gasteiger partial charge in [0.1, 0.15) is 0 Å². The summed E-state index contributed by atoms with van der Waals surface area (Å²) in [6, 6.07) is 24.0. The number of nitrogens with one attached hydrogen (secondary N) is 1. The van der Waals surface area contributed by atoms with Gasteiger partial charge in [0.2, 0.25) is 12.1 Å². The molecule has 0 saturated carbocycles. The summed E-state index contributed by atoms with van der Waals surface area (Å²) in [6.07, 6.45) is -3.08. The Labute approximate surface area is 243 Å². The molecule has 1 aliphatic heterocycles. The molecule has 2 amide bonds. The van der Waals surface area contributed by atoms with Gasteiger partial charge in [0, 0.05) is 30.3 Å². The van der Waals surface area contributed by atoms with Crippen LogP contribution in [0.2, 0.25) is 0 Å². The van der Waals surface area contributed by atoms with E-state index in [0.29, 0.717) is 22.4 Å². The van der Waals surface area contributed by atoms with Crippen LogP contribution in [-0.4, -0.2) is 70.0 Å². The molecule has 0 fully saturated rings. The zero-order chi connectivity index (χ0) is 29.5. The van der Waals surface area contributed by atoms with Crippen LogP contribution in [-0.2, 0) is 25.7 Å². The number of benzodiazepines with no additional fused rings is 1. The number of hydrogen-bond acceptors (Lipinski definition) is 8. The summed E-state index contributed by atoms with van der Waals surface area (Å²) in [5, 5.41) is 13.4. The molecule has 0 aliphatic carbocycles. The van der Waals surface area contributed by atoms with Crippen molar-refractivity contribution in [3.05, 3.63) is 102 Å². The van der Waals surface area contributed by atoms with Gasteiger partial charge in [0.05, 0.1) is 24.0 Å². The van der Waals surface area contributed by atoms with Crippen molar-refractivity contribution in [1.29, 1.82) is 0 Å². The number of nitrogens with two attached hydrogens (primary N) is 1. The van der Waals surface area contributed by atoms with Crippen molar-refractivity contribution in [3.8, 4) is 0 Å². The first-order valence-corrected chi connectivity index (χ1v) is 13.6. The average Bonchev–Trinajstić information content (AvgIpc) is 3.10. The quantitative estimate of drug-likeness (QED) is 0.257. The number of hydrogen-bond donors (Lipinski definition) is 4. The van der Waals surface area contributed by atoms with Crippen LogP contribution in [0.1, 0.15) is 23.6 Å². The number of anilines is 1. The van der Waals surface area contributed by atoms with E-state index in [4.69, 9.17) is 10.7 Å². The highest BCUT2D eigenvalue weighted by atomic mass is 32.1. The smallest absolute Gasteiger partial charge is 0.348 e. The fourth-order valence-corrected chi connectivity index (χ4v) is 4.77. The van der Waals surface area contributed by atoms with Crippen molar-refractivity contribution in [2.75, 3.05) is 17.2 Å². The highest BCUT2D eigenvalue weighted by molar-refractivity contribution is 7.80. The van der Waals surface area contributed by atoms with Crippen molar-refractivity contribution >= 4 is 47.6 Å². The molecule has 0 aromatic heterocycles. The summed E-state index contributed by atoms with van der Waals surface area (Å²) in [4.78, 5) is 59.6. The number of carbonyl (C=O) groups is 4. The maximum atomic E-state index is 14.3. The molecule has 3 aromatic carbocycles. The molecule has 0 spiro atoms. The predicted octanol–water partition coefficient (Wildman–Crippen LogP) is 2.07. The molecule has 0 saturated heterocycles. The van der Waals surface area contributed by atoms with Crippen molar-refractivity contribution in [2.24, 2.45) is 10.7 Å². The molecule has 11 heteroatoms. The summed E-state index contributed by atoms with van der Waals surface area (Å²) in [7, 11) is 0. The van der Waals surface area contributed by atoms with Gasteiger partial charge < -0.3 is 15.7 Å². The van der Waals surface area contributed by atoms with Crippen LogP contribution in [0.5, 0.6) is 0 Å². The van der Waals surface area contributed by atoms with Crippen LogP contribution < -0.4 is 16.0 Å². The molecular formula is C30H31N5O5S. The minimum Gasteiger partial charge on any atom is -0.478 e. The van der Waals surface area contributed by atoms with Gasteiger partial charge in [-0.05, 0) is 11.6 Å². The average molecular weight is 574 g/mol. The number of Topliss-reactive ketones (excluding diaryl/α,β-unsaturated/α-hetero) is 1. The first-order chi connectivity index (χ1) is 19.7. The Balaban J connectivity index is 1.87. The fourth-order valence-electron chi connectivity index (χ4n) is 4.56. The molecule has 1 heterocycles. The summed E-state index contributed by atoms with van der Waals surface area (Å²) in [5.74, 6) is -2.97. The number of rotatable bonds is 11. The molecular weight excluding hydrogens is 542 g/mol. The number of ketones is 1. The highest BCUT2D eigenvalue weighted by Gasteiger charge is 2.43. The molecule has 3 atom stereocenters. The molecule has 41 heavy (non-hydrogen) atoms. The molecule has 10 nitrogen and oxygen atoms in total. The Morgan fingerprint density at radius 3 is 2.24 bits per heavy atom. The van der Waals surface area contributed by atoms with E-state index in [1.165, 1.54) is 6.92 Å². The van der Waals surface area contributed by atoms with Gasteiger partial charge in [-0.2, -0.15) is 12.6 Å². The van der Waals surface area contributed by atoms with E-state index in [-0.39, 0.29) is 30.3 Å². The van der Waals surface area contributed by atoms with E-state index >= 15 is 0 Å². The summed E-state index contributed by atoms with van der Waals surface area (Å²) >= 11 is 4.07. The first-order valence-electron chi connectivity index (χ1n) is 12.9. The SMILES string of the molecule is CC(=O)N(Cc1ccccc1)C(C(=O)O)N1C(=O)C(NCC(=O)C(N)CS)N=C(c2ccccc2)c2ccccc21. The summed E-state index contributed by atoms with van der Waals surface area (Å²) in [6.45, 7) is 0.900. The standard InChI is InChI=1S/C30H31N5O5S/c1-19(36)34(17-20-10-4-2-5-11-20)28(30(39)40)35-24-15-9-8-14-22(24)26(21-12-6-3-7-13-21)33-27(29(35)38)32-16-25(37)23(31)18-41/h2-15,23,27-28,32,41H,16-18,31H2,1H3,(H,39,40). The van der Waals surface area contributed by atoms with Crippen LogP contribution in [0.3, 0.4) is 0 Å². The topological polar surface area (TPSA) is 145 Å². The summed E-state index contributed by atoms with van der Waals surface area (Å²) in [5.41, 5.74) is 8.36. The van der Waals surface area contributed by atoms with E-state index in [1.807, 2.05) is 36.4 Å². The van der Waals surface area contributed by atoms with E-state index in [1.54, 1.807) is 48.5 Å². The lowest BCUT2D eigenvalue weighted by Crippen LogP contribution is -2.60. The monoisotopic (exact) mass is 573 g/mol. The van der Waals surface area contributed by atoms with Crippen LogP contribution in [0.25, 0.3) is 0 Å². The minimum absolute atomic E-state index is 0.0567. The molecule has 1 aliphatic rings. The Morgan fingerprint density at radius 2 is 1.63 bits per heavy atom. The van der Waals surface area contributed by atoms with Gasteiger partial charge in [-0.1, -0.05) is 78.9 Å². The normalized spacial score (nSPS) is 16.2. The number of aliphatic carboxylic acids is 1. The number of amides is 2. The first kappa shape index (κ1) is 29.7. The maximum absolute atomic E-state index is 14.3. The second kappa shape index (κ2) is 13.4. The van der Waals surface area contributed by atoms with Crippen molar-refractivity contribution in [1.82, 2.24) is 10.2 Å². The number of para-hydroxylation sites is 1. The zero-order valence-corrected chi connectivity index (χ0v) is 23.3. The number of benzene rings is 3. The number of aliphatic imine (C=N–C) groups is 1. The molecule has 0 bridgehead atoms. The summed E-state index contributed by atoms with van der Waals surface area (Å²) < 4.78 is 0. The van der Waals surface area contributed by atoms with Crippen LogP contribution in [0, 0.1) is 0 Å². The highest BCUT2D eigenvalue weighted by Crippen LogP contribution is 2.31. The molecule has 3 unspecified atom stereocenters. The molecule has 4 rings (SSSR count). The largest absolute Gasteiger partial charge is 0.478 e. The van der Waals surface area contributed by atoms with Gasteiger partial charge in [-0.3, -0.25) is 29.6 Å². The van der Waals surface area contributed by atoms with Crippen molar-refractivity contribution < 1.29 is 24.3 Å². The number of thiol groups is 1. The maximum Gasteiger partial charge on any atom is 0.348 e. The fraction of sp³-hybridized carbons (Fsp3) is 0.233. The van der Waals surface area contributed by atoms with Gasteiger partial charge in [-0.15, -0.1) is 0 Å². The van der Waals surface area contributed by atoms with E-state index in [9.17, 15) is 24.3 Å². The number of nitrogens with zero attached hydrogens (tertiary/aromatic N) is 3. The van der Waals surface area contributed by atoms with Crippen molar-refractivity contribution in [3.63, 3.8) is 0 Å². The van der Waals surface area contributed by atoms with Crippen LogP contribution in [0.4, 0.5) is 5.69 Å². The van der Waals surface area contributed by atoms with Gasteiger partial charge in [0.15, 0.2) is 11.9 Å². The Kier molecular flexibility index (Phi) is 9.66. The molecule has 0 radical (unpaired) electrons. The van der Waals surface area contributed by atoms with Gasteiger partial charge in [0.25, 0.3) is 5.91 Å². The third kappa shape index (κ3) is 6.71. The minimum atomic E-state index is -1.72. The Bertz CT molecular complexity index is 1450.